The zero-order valence-electron chi connectivity index (χ0n) is 15.0. The van der Waals surface area contributed by atoms with Crippen LogP contribution in [0.4, 0.5) is 5.82 Å². The minimum Gasteiger partial charge on any atom is -0.450 e. The minimum atomic E-state index is -0.737. The molecule has 8 heteroatoms. The Hall–Kier alpha value is -3.09. The number of carbonyl (C=O) groups is 1. The maximum atomic E-state index is 13.4. The van der Waals surface area contributed by atoms with Crippen LogP contribution in [-0.4, -0.2) is 11.1 Å². The molecular formula is C21H12Cl2N2O4. The Labute approximate surface area is 174 Å². The molecule has 6 nitrogen and oxygen atoms in total. The predicted octanol–water partition coefficient (Wildman–Crippen LogP) is 5.15. The number of aromatic nitrogens is 1. The first kappa shape index (κ1) is 18.0. The smallest absolute Gasteiger partial charge is 0.296 e. The third kappa shape index (κ3) is 2.75. The quantitative estimate of drug-likeness (QED) is 0.443. The van der Waals surface area contributed by atoms with E-state index in [4.69, 9.17) is 32.1 Å². The number of fused-ring (bicyclic) bond motifs is 2. The highest BCUT2D eigenvalue weighted by atomic mass is 35.5. The molecule has 0 N–H and O–H groups in total. The van der Waals surface area contributed by atoms with Crippen molar-refractivity contribution in [1.29, 1.82) is 0 Å². The van der Waals surface area contributed by atoms with Crippen molar-refractivity contribution < 1.29 is 13.7 Å². The van der Waals surface area contributed by atoms with Crippen LogP contribution >= 0.6 is 23.2 Å². The van der Waals surface area contributed by atoms with Crippen LogP contribution in [0.3, 0.4) is 0 Å². The number of halogens is 2. The van der Waals surface area contributed by atoms with Crippen LogP contribution in [0.2, 0.25) is 10.0 Å². The van der Waals surface area contributed by atoms with E-state index in [1.807, 2.05) is 0 Å². The van der Waals surface area contributed by atoms with Crippen molar-refractivity contribution in [3.05, 3.63) is 91.4 Å². The summed E-state index contributed by atoms with van der Waals surface area (Å²) in [6.07, 6.45) is 0. The highest BCUT2D eigenvalue weighted by molar-refractivity contribution is 6.31. The molecule has 29 heavy (non-hydrogen) atoms. The fraction of sp³-hybridized carbons (Fsp3) is 0.0952. The Balaban J connectivity index is 1.83. The topological polar surface area (TPSA) is 76.6 Å². The molecule has 3 heterocycles. The van der Waals surface area contributed by atoms with Gasteiger partial charge >= 0.3 is 0 Å². The average molecular weight is 427 g/mol. The van der Waals surface area contributed by atoms with Gasteiger partial charge < -0.3 is 8.94 Å². The van der Waals surface area contributed by atoms with Gasteiger partial charge in [-0.25, -0.2) is 0 Å². The van der Waals surface area contributed by atoms with Crippen molar-refractivity contribution in [2.45, 2.75) is 13.0 Å². The summed E-state index contributed by atoms with van der Waals surface area (Å²) in [5, 5.41) is 5.23. The van der Waals surface area contributed by atoms with Crippen LogP contribution in [0.1, 0.15) is 33.5 Å². The van der Waals surface area contributed by atoms with Gasteiger partial charge in [0.2, 0.25) is 5.76 Å². The Kier molecular flexibility index (Phi) is 4.01. The summed E-state index contributed by atoms with van der Waals surface area (Å²) >= 11 is 12.1. The second kappa shape index (κ2) is 6.47. The van der Waals surface area contributed by atoms with Crippen LogP contribution in [-0.2, 0) is 0 Å². The Morgan fingerprint density at radius 1 is 1.00 bits per heavy atom. The zero-order valence-corrected chi connectivity index (χ0v) is 16.5. The van der Waals surface area contributed by atoms with Gasteiger partial charge in [-0.3, -0.25) is 14.5 Å². The lowest BCUT2D eigenvalue weighted by atomic mass is 9.98. The van der Waals surface area contributed by atoms with Gasteiger partial charge in [0.1, 0.15) is 11.3 Å². The standard InChI is InChI=1S/C21H12Cl2N2O4/c1-10-8-16(24-29-10)25-18(11-2-4-12(22)5-3-11)17-19(26)14-9-13(23)6-7-15(14)28-20(17)21(25)27/h2-9,18H,1H3. The average Bonchev–Trinajstić information content (AvgIpc) is 3.25. The lowest BCUT2D eigenvalue weighted by Gasteiger charge is -2.22. The van der Waals surface area contributed by atoms with E-state index in [0.29, 0.717) is 38.2 Å². The molecule has 1 atom stereocenters. The molecule has 0 saturated heterocycles. The molecule has 5 rings (SSSR count). The van der Waals surface area contributed by atoms with E-state index in [9.17, 15) is 9.59 Å². The van der Waals surface area contributed by atoms with Gasteiger partial charge in [0.05, 0.1) is 17.0 Å². The molecule has 2 aromatic carbocycles. The molecule has 2 aromatic heterocycles. The molecule has 0 bridgehead atoms. The summed E-state index contributed by atoms with van der Waals surface area (Å²) in [4.78, 5) is 28.1. The molecule has 0 saturated carbocycles. The number of hydrogen-bond acceptors (Lipinski definition) is 5. The predicted molar refractivity (Wildman–Crippen MR) is 109 cm³/mol. The summed E-state index contributed by atoms with van der Waals surface area (Å²) in [5.41, 5.74) is 0.892. The fourth-order valence-corrected chi connectivity index (χ4v) is 3.91. The van der Waals surface area contributed by atoms with Crippen LogP contribution in [0, 0.1) is 6.92 Å². The molecule has 1 amide bonds. The van der Waals surface area contributed by atoms with Crippen LogP contribution < -0.4 is 10.3 Å². The maximum Gasteiger partial charge on any atom is 0.296 e. The van der Waals surface area contributed by atoms with Crippen molar-refractivity contribution in [2.75, 3.05) is 4.90 Å². The van der Waals surface area contributed by atoms with Gasteiger partial charge in [0.25, 0.3) is 5.91 Å². The number of anilines is 1. The van der Waals surface area contributed by atoms with Crippen molar-refractivity contribution in [3.63, 3.8) is 0 Å². The van der Waals surface area contributed by atoms with Gasteiger partial charge in [0, 0.05) is 16.1 Å². The summed E-state index contributed by atoms with van der Waals surface area (Å²) in [6, 6.07) is 12.5. The van der Waals surface area contributed by atoms with Crippen LogP contribution in [0.5, 0.6) is 0 Å². The molecule has 0 fully saturated rings. The molecule has 1 aliphatic rings. The van der Waals surface area contributed by atoms with E-state index in [1.54, 1.807) is 49.4 Å². The minimum absolute atomic E-state index is 0.0228. The monoisotopic (exact) mass is 426 g/mol. The molecule has 144 valence electrons. The van der Waals surface area contributed by atoms with Crippen molar-refractivity contribution in [1.82, 2.24) is 5.16 Å². The van der Waals surface area contributed by atoms with E-state index in [2.05, 4.69) is 5.16 Å². The Bertz CT molecular complexity index is 1340. The summed E-state index contributed by atoms with van der Waals surface area (Å²) < 4.78 is 11.0. The first-order chi connectivity index (χ1) is 13.9. The Morgan fingerprint density at radius 2 is 1.72 bits per heavy atom. The van der Waals surface area contributed by atoms with E-state index >= 15 is 0 Å². The fourth-order valence-electron chi connectivity index (χ4n) is 3.61. The SMILES string of the molecule is Cc1cc(N2C(=O)c3oc4ccc(Cl)cc4c(=O)c3C2c2ccc(Cl)cc2)no1. The van der Waals surface area contributed by atoms with Gasteiger partial charge in [-0.15, -0.1) is 0 Å². The zero-order chi connectivity index (χ0) is 20.3. The number of hydrogen-bond donors (Lipinski definition) is 0. The number of nitrogens with zero attached hydrogens (tertiary/aromatic N) is 2. The molecule has 0 aliphatic carbocycles. The molecular weight excluding hydrogens is 415 g/mol. The number of aryl methyl sites for hydroxylation is 1. The molecule has 0 spiro atoms. The van der Waals surface area contributed by atoms with Gasteiger partial charge in [0.15, 0.2) is 11.2 Å². The number of amides is 1. The van der Waals surface area contributed by atoms with Crippen LogP contribution in [0.25, 0.3) is 11.0 Å². The number of benzene rings is 2. The van der Waals surface area contributed by atoms with E-state index in [1.165, 1.54) is 11.0 Å². The molecule has 1 unspecified atom stereocenters. The third-order valence-electron chi connectivity index (χ3n) is 4.88. The van der Waals surface area contributed by atoms with Crippen LogP contribution in [0.15, 0.2) is 62.3 Å². The van der Waals surface area contributed by atoms with E-state index < -0.39 is 11.9 Å². The summed E-state index contributed by atoms with van der Waals surface area (Å²) in [6.45, 7) is 1.72. The van der Waals surface area contributed by atoms with Crippen molar-refractivity contribution in [3.8, 4) is 0 Å². The van der Waals surface area contributed by atoms with Crippen molar-refractivity contribution in [2.24, 2.45) is 0 Å². The number of rotatable bonds is 2. The third-order valence-corrected chi connectivity index (χ3v) is 5.37. The summed E-state index contributed by atoms with van der Waals surface area (Å²) in [7, 11) is 0. The number of carbonyl (C=O) groups excluding carboxylic acids is 1. The highest BCUT2D eigenvalue weighted by Gasteiger charge is 2.44. The highest BCUT2D eigenvalue weighted by Crippen LogP contribution is 2.41. The second-order valence-corrected chi connectivity index (χ2v) is 7.61. The normalized spacial score (nSPS) is 15.9. The van der Waals surface area contributed by atoms with Gasteiger partial charge in [-0.05, 0) is 42.8 Å². The molecule has 1 aliphatic heterocycles. The Morgan fingerprint density at radius 3 is 2.41 bits per heavy atom. The first-order valence-corrected chi connectivity index (χ1v) is 9.48. The van der Waals surface area contributed by atoms with Gasteiger partial charge in [-0.1, -0.05) is 40.5 Å². The van der Waals surface area contributed by atoms with E-state index in [0.717, 1.165) is 0 Å². The second-order valence-electron chi connectivity index (χ2n) is 6.74. The maximum absolute atomic E-state index is 13.4. The van der Waals surface area contributed by atoms with Crippen molar-refractivity contribution >= 4 is 45.9 Å². The largest absolute Gasteiger partial charge is 0.450 e. The first-order valence-electron chi connectivity index (χ1n) is 8.72. The van der Waals surface area contributed by atoms with E-state index in [-0.39, 0.29) is 16.8 Å². The van der Waals surface area contributed by atoms with Gasteiger partial charge in [-0.2, -0.15) is 0 Å². The molecule has 0 radical (unpaired) electrons. The molecule has 4 aromatic rings. The summed E-state index contributed by atoms with van der Waals surface area (Å²) in [5.74, 6) is 0.336. The lowest BCUT2D eigenvalue weighted by Crippen LogP contribution is -2.29. The lowest BCUT2D eigenvalue weighted by molar-refractivity contribution is 0.0969.